The second-order valence-corrected chi connectivity index (χ2v) is 26.6. The van der Waals surface area contributed by atoms with E-state index < -0.39 is 30.2 Å². The van der Waals surface area contributed by atoms with Crippen molar-refractivity contribution >= 4 is 80.7 Å². The average Bonchev–Trinajstić information content (AvgIpc) is 4.21. The monoisotopic (exact) mass is 1180 g/mol. The van der Waals surface area contributed by atoms with Gasteiger partial charge in [0.1, 0.15) is 20.2 Å². The van der Waals surface area contributed by atoms with Crippen LogP contribution in [0.2, 0.25) is 0 Å². The molecule has 81 heavy (non-hydrogen) atoms. The van der Waals surface area contributed by atoms with Crippen LogP contribution in [0.5, 0.6) is 0 Å². The summed E-state index contributed by atoms with van der Waals surface area (Å²) in [5, 5.41) is 6.28. The Morgan fingerprint density at radius 1 is 0.333 bits per heavy atom. The number of hydrogen-bond donors (Lipinski definition) is 2. The van der Waals surface area contributed by atoms with Crippen LogP contribution in [0.25, 0.3) is 0 Å². The SMILES string of the molecule is CCCCCCCCCCCCCCCCCCCCC1(S(=O)(=O)[O-])Nc2ccccc2N1Cc1ccccc1.CCCCCCCCCCCCCCCCCCCCC1(S(=O)(=O)[O-])Nc2ccccc2N1Cc1ccccc1.[Ca+2]. The third-order valence-electron chi connectivity index (χ3n) is 16.9. The molecule has 0 aliphatic carbocycles. The van der Waals surface area contributed by atoms with Gasteiger partial charge >= 0.3 is 37.7 Å². The van der Waals surface area contributed by atoms with Crippen molar-refractivity contribution < 1.29 is 25.9 Å². The van der Waals surface area contributed by atoms with Crippen LogP contribution >= 0.6 is 0 Å². The van der Waals surface area contributed by atoms with E-state index in [0.29, 0.717) is 37.3 Å². The number of nitrogens with zero attached hydrogens (tertiary/aromatic N) is 2. The molecule has 2 atom stereocenters. The molecule has 0 radical (unpaired) electrons. The Morgan fingerprint density at radius 2 is 0.556 bits per heavy atom. The Labute approximate surface area is 524 Å². The zero-order valence-corrected chi connectivity index (χ0v) is 54.4. The third-order valence-corrected chi connectivity index (χ3v) is 19.6. The van der Waals surface area contributed by atoms with Gasteiger partial charge in [-0.1, -0.05) is 317 Å². The van der Waals surface area contributed by atoms with E-state index in [1.807, 2.05) is 109 Å². The molecule has 0 spiro atoms. The molecule has 4 aromatic rings. The van der Waals surface area contributed by atoms with Crippen molar-refractivity contribution in [2.75, 3.05) is 20.4 Å². The smallest absolute Gasteiger partial charge is 0.745 e. The number of rotatable bonds is 44. The molecule has 0 saturated carbocycles. The molecule has 13 heteroatoms. The summed E-state index contributed by atoms with van der Waals surface area (Å²) in [6.45, 7) is 5.28. The van der Waals surface area contributed by atoms with E-state index in [-0.39, 0.29) is 50.6 Å². The normalized spacial score (nSPS) is 16.5. The fourth-order valence-corrected chi connectivity index (χ4v) is 14.2. The number of hydrogen-bond acceptors (Lipinski definition) is 10. The first-order valence-electron chi connectivity index (χ1n) is 32.2. The van der Waals surface area contributed by atoms with Crippen molar-refractivity contribution in [3.63, 3.8) is 0 Å². The van der Waals surface area contributed by atoms with Crippen molar-refractivity contribution in [2.45, 2.75) is 281 Å². The average molecular weight is 1180 g/mol. The van der Waals surface area contributed by atoms with Gasteiger partial charge in [-0.2, -0.15) is 0 Å². The molecule has 2 unspecified atom stereocenters. The van der Waals surface area contributed by atoms with Crippen LogP contribution in [0.15, 0.2) is 109 Å². The van der Waals surface area contributed by atoms with E-state index >= 15 is 0 Å². The molecule has 2 heterocycles. The first kappa shape index (κ1) is 70.6. The molecule has 10 nitrogen and oxygen atoms in total. The van der Waals surface area contributed by atoms with Gasteiger partial charge in [0.05, 0.1) is 22.7 Å². The summed E-state index contributed by atoms with van der Waals surface area (Å²) in [5.74, 6) is 0. The predicted octanol–water partition coefficient (Wildman–Crippen LogP) is 19.1. The Morgan fingerprint density at radius 3 is 0.802 bits per heavy atom. The number of fused-ring (bicyclic) bond motifs is 2. The maximum absolute atomic E-state index is 12.8. The Bertz CT molecular complexity index is 2300. The Hall–Kier alpha value is -2.84. The molecule has 0 aromatic heterocycles. The largest absolute Gasteiger partial charge is 2.00 e. The van der Waals surface area contributed by atoms with Crippen molar-refractivity contribution in [3.8, 4) is 0 Å². The summed E-state index contributed by atoms with van der Waals surface area (Å²) in [6, 6.07) is 34.6. The summed E-state index contributed by atoms with van der Waals surface area (Å²) < 4.78 is 76.7. The van der Waals surface area contributed by atoms with E-state index in [0.717, 1.165) is 48.2 Å². The van der Waals surface area contributed by atoms with E-state index in [1.54, 1.807) is 9.80 Å². The zero-order valence-electron chi connectivity index (χ0n) is 50.5. The van der Waals surface area contributed by atoms with Gasteiger partial charge < -0.3 is 29.5 Å². The van der Waals surface area contributed by atoms with E-state index in [2.05, 4.69) is 24.5 Å². The number of unbranched alkanes of at least 4 members (excludes halogenated alkanes) is 34. The predicted molar refractivity (Wildman–Crippen MR) is 343 cm³/mol. The van der Waals surface area contributed by atoms with Gasteiger partial charge in [0.15, 0.2) is 0 Å². The minimum atomic E-state index is -4.66. The number of benzene rings is 4. The molecule has 2 N–H and O–H groups in total. The molecule has 2 aliphatic heterocycles. The minimum Gasteiger partial charge on any atom is -0.745 e. The molecular weight excluding hydrogens is 1070 g/mol. The van der Waals surface area contributed by atoms with Crippen molar-refractivity contribution in [1.29, 1.82) is 0 Å². The Kier molecular flexibility index (Phi) is 35.3. The standard InChI is InChI=1S/2C34H54N2O3S.Ca/c2*1-2-3-4-5-6-7-8-9-10-11-12-13-14-15-16-17-18-24-29-34(40(37,38)39)35-32-27-22-23-28-33(32)36(34)30-31-25-20-19-21-26-31;/h2*19-23,25-28,35H,2-18,24,29-30H2,1H3,(H,37,38,39);/q;;+2/p-2. The maximum atomic E-state index is 12.8. The molecule has 0 amide bonds. The van der Waals surface area contributed by atoms with Crippen LogP contribution < -0.4 is 20.4 Å². The van der Waals surface area contributed by atoms with Crippen LogP contribution in [0, 0.1) is 0 Å². The topological polar surface area (TPSA) is 145 Å². The molecule has 2 aliphatic rings. The molecule has 0 fully saturated rings. The number of anilines is 4. The zero-order chi connectivity index (χ0) is 57.0. The van der Waals surface area contributed by atoms with Crippen LogP contribution in [-0.4, -0.2) is 73.7 Å². The van der Waals surface area contributed by atoms with Gasteiger partial charge in [-0.3, -0.25) is 0 Å². The van der Waals surface area contributed by atoms with Crippen molar-refractivity contribution in [2.24, 2.45) is 0 Å². The molecule has 6 rings (SSSR count). The van der Waals surface area contributed by atoms with Crippen LogP contribution in [0.3, 0.4) is 0 Å². The second-order valence-electron chi connectivity index (χ2n) is 23.4. The quantitative estimate of drug-likeness (QED) is 0.0249. The molecule has 4 aromatic carbocycles. The number of para-hydroxylation sites is 4. The van der Waals surface area contributed by atoms with Gasteiger partial charge in [-0.15, -0.1) is 0 Å². The first-order valence-corrected chi connectivity index (χ1v) is 35.1. The van der Waals surface area contributed by atoms with E-state index in [1.165, 1.54) is 193 Å². The summed E-state index contributed by atoms with van der Waals surface area (Å²) in [6.07, 6.45) is 46.7. The van der Waals surface area contributed by atoms with Crippen molar-refractivity contribution in [3.05, 3.63) is 120 Å². The van der Waals surface area contributed by atoms with Crippen LogP contribution in [0.4, 0.5) is 22.7 Å². The Balaban J connectivity index is 0.000000344. The fraction of sp³-hybridized carbons (Fsp3) is 0.647. The molecule has 0 bridgehead atoms. The van der Waals surface area contributed by atoms with Crippen molar-refractivity contribution in [1.82, 2.24) is 0 Å². The van der Waals surface area contributed by atoms with E-state index in [9.17, 15) is 25.9 Å². The molecule has 0 saturated heterocycles. The summed E-state index contributed by atoms with van der Waals surface area (Å²) in [4.78, 5) is 0.240. The summed E-state index contributed by atoms with van der Waals surface area (Å²) in [7, 11) is -9.32. The van der Waals surface area contributed by atoms with Gasteiger partial charge in [-0.05, 0) is 48.2 Å². The van der Waals surface area contributed by atoms with Gasteiger partial charge in [-0.25, -0.2) is 16.8 Å². The van der Waals surface area contributed by atoms with Gasteiger partial charge in [0.25, 0.3) is 0 Å². The molecular formula is C68H106CaN4O6S2. The minimum absolute atomic E-state index is 0. The van der Waals surface area contributed by atoms with Gasteiger partial charge in [0, 0.05) is 25.9 Å². The first-order chi connectivity index (χ1) is 39.0. The third kappa shape index (κ3) is 24.6. The number of nitrogens with one attached hydrogen (secondary N) is 2. The second kappa shape index (κ2) is 40.5. The van der Waals surface area contributed by atoms with Crippen LogP contribution in [-0.2, 0) is 33.3 Å². The summed E-state index contributed by atoms with van der Waals surface area (Å²) in [5.41, 5.74) is 4.92. The fourth-order valence-electron chi connectivity index (χ4n) is 12.1. The van der Waals surface area contributed by atoms with Crippen LogP contribution in [0.1, 0.15) is 269 Å². The van der Waals surface area contributed by atoms with E-state index in [4.69, 9.17) is 0 Å². The maximum Gasteiger partial charge on any atom is 2.00 e. The summed E-state index contributed by atoms with van der Waals surface area (Å²) >= 11 is 0. The van der Waals surface area contributed by atoms with Gasteiger partial charge in [0.2, 0.25) is 9.99 Å². The molecule has 448 valence electrons.